The smallest absolute Gasteiger partial charge is 0.0720 e. The third-order valence-electron chi connectivity index (χ3n) is 4.78. The maximum atomic E-state index is 9.86. The van der Waals surface area contributed by atoms with E-state index in [1.807, 2.05) is 0 Å². The third-order valence-corrected chi connectivity index (χ3v) is 4.78. The van der Waals surface area contributed by atoms with E-state index in [1.54, 1.807) is 6.08 Å². The molecule has 0 aromatic heterocycles. The van der Waals surface area contributed by atoms with E-state index in [0.29, 0.717) is 5.92 Å². The van der Waals surface area contributed by atoms with Crippen LogP contribution in [0.3, 0.4) is 0 Å². The van der Waals surface area contributed by atoms with Crippen LogP contribution in [0.15, 0.2) is 12.7 Å². The highest BCUT2D eigenvalue weighted by Crippen LogP contribution is 2.23. The van der Waals surface area contributed by atoms with Gasteiger partial charge in [0, 0.05) is 0 Å². The van der Waals surface area contributed by atoms with Crippen LogP contribution in [0.4, 0.5) is 0 Å². The SMILES string of the molecule is C=C[C@@H](O)CC(CCCCCCCC)CCCCCCCC. The Bertz CT molecular complexity index is 208. The highest BCUT2D eigenvalue weighted by molar-refractivity contribution is 4.80. The van der Waals surface area contributed by atoms with E-state index >= 15 is 0 Å². The van der Waals surface area contributed by atoms with Crippen LogP contribution in [0.1, 0.15) is 110 Å². The van der Waals surface area contributed by atoms with Crippen molar-refractivity contribution < 1.29 is 5.11 Å². The zero-order valence-electron chi connectivity index (χ0n) is 15.5. The fourth-order valence-electron chi connectivity index (χ4n) is 3.24. The molecule has 0 fully saturated rings. The Balaban J connectivity index is 3.77. The first-order chi connectivity index (χ1) is 10.7. The maximum Gasteiger partial charge on any atom is 0.0720 e. The number of hydrogen-bond acceptors (Lipinski definition) is 1. The molecular formula is C21H42O. The number of hydrogen-bond donors (Lipinski definition) is 1. The molecule has 1 atom stereocenters. The molecule has 132 valence electrons. The Kier molecular flexibility index (Phi) is 16.8. The summed E-state index contributed by atoms with van der Waals surface area (Å²) < 4.78 is 0. The second-order valence-electron chi connectivity index (χ2n) is 7.02. The van der Waals surface area contributed by atoms with Gasteiger partial charge in [0.25, 0.3) is 0 Å². The van der Waals surface area contributed by atoms with Gasteiger partial charge in [-0.25, -0.2) is 0 Å². The summed E-state index contributed by atoms with van der Waals surface area (Å²) in [4.78, 5) is 0. The Morgan fingerprint density at radius 1 is 0.727 bits per heavy atom. The normalized spacial score (nSPS) is 12.7. The van der Waals surface area contributed by atoms with Gasteiger partial charge in [-0.05, 0) is 12.3 Å². The fourth-order valence-corrected chi connectivity index (χ4v) is 3.24. The van der Waals surface area contributed by atoms with Gasteiger partial charge < -0.3 is 5.11 Å². The zero-order valence-corrected chi connectivity index (χ0v) is 15.5. The first kappa shape index (κ1) is 21.7. The Morgan fingerprint density at radius 2 is 1.14 bits per heavy atom. The number of rotatable bonds is 17. The summed E-state index contributed by atoms with van der Waals surface area (Å²) in [5.41, 5.74) is 0. The lowest BCUT2D eigenvalue weighted by molar-refractivity contribution is 0.177. The van der Waals surface area contributed by atoms with E-state index in [-0.39, 0.29) is 6.10 Å². The maximum absolute atomic E-state index is 9.86. The first-order valence-corrected chi connectivity index (χ1v) is 10.0. The van der Waals surface area contributed by atoms with Crippen molar-refractivity contribution in [3.05, 3.63) is 12.7 Å². The van der Waals surface area contributed by atoms with Gasteiger partial charge in [-0.2, -0.15) is 0 Å². The molecule has 1 heteroatoms. The predicted octanol–water partition coefficient (Wildman–Crippen LogP) is 7.04. The van der Waals surface area contributed by atoms with Gasteiger partial charge in [0.2, 0.25) is 0 Å². The lowest BCUT2D eigenvalue weighted by Gasteiger charge is -2.19. The van der Waals surface area contributed by atoms with Crippen LogP contribution in [0, 0.1) is 5.92 Å². The van der Waals surface area contributed by atoms with E-state index in [9.17, 15) is 5.11 Å². The van der Waals surface area contributed by atoms with Gasteiger partial charge in [0.05, 0.1) is 6.10 Å². The molecule has 0 aromatic rings. The largest absolute Gasteiger partial charge is 0.389 e. The summed E-state index contributed by atoms with van der Waals surface area (Å²) >= 11 is 0. The lowest BCUT2D eigenvalue weighted by atomic mass is 9.89. The Morgan fingerprint density at radius 3 is 1.55 bits per heavy atom. The summed E-state index contributed by atoms with van der Waals surface area (Å²) in [5, 5.41) is 9.86. The average molecular weight is 311 g/mol. The summed E-state index contributed by atoms with van der Waals surface area (Å²) in [5.74, 6) is 0.699. The van der Waals surface area contributed by atoms with Crippen molar-refractivity contribution in [2.24, 2.45) is 5.92 Å². The molecule has 0 saturated carbocycles. The van der Waals surface area contributed by atoms with Crippen molar-refractivity contribution in [3.63, 3.8) is 0 Å². The molecule has 1 N–H and O–H groups in total. The molecule has 0 amide bonds. The van der Waals surface area contributed by atoms with Crippen molar-refractivity contribution in [1.82, 2.24) is 0 Å². The number of aliphatic hydroxyl groups is 1. The zero-order chi connectivity index (χ0) is 16.5. The van der Waals surface area contributed by atoms with Gasteiger partial charge in [0.1, 0.15) is 0 Å². The van der Waals surface area contributed by atoms with E-state index < -0.39 is 0 Å². The molecule has 0 rings (SSSR count). The predicted molar refractivity (Wildman–Crippen MR) is 100 cm³/mol. The van der Waals surface area contributed by atoms with Gasteiger partial charge in [-0.15, -0.1) is 6.58 Å². The molecule has 0 aliphatic rings. The summed E-state index contributed by atoms with van der Waals surface area (Å²) in [7, 11) is 0. The van der Waals surface area contributed by atoms with Crippen LogP contribution in [0.25, 0.3) is 0 Å². The Labute approximate surface area is 140 Å². The average Bonchev–Trinajstić information content (AvgIpc) is 2.53. The van der Waals surface area contributed by atoms with E-state index in [2.05, 4.69) is 20.4 Å². The van der Waals surface area contributed by atoms with Crippen molar-refractivity contribution >= 4 is 0 Å². The minimum absolute atomic E-state index is 0.301. The third kappa shape index (κ3) is 14.6. The molecule has 0 heterocycles. The molecular weight excluding hydrogens is 268 g/mol. The topological polar surface area (TPSA) is 20.2 Å². The molecule has 22 heavy (non-hydrogen) atoms. The summed E-state index contributed by atoms with van der Waals surface area (Å²) in [6.45, 7) is 8.27. The molecule has 0 aliphatic carbocycles. The molecule has 1 nitrogen and oxygen atoms in total. The molecule has 0 spiro atoms. The monoisotopic (exact) mass is 310 g/mol. The van der Waals surface area contributed by atoms with Crippen LogP contribution < -0.4 is 0 Å². The summed E-state index contributed by atoms with van der Waals surface area (Å²) in [6, 6.07) is 0. The quantitative estimate of drug-likeness (QED) is 0.225. The molecule has 0 aromatic carbocycles. The molecule has 0 saturated heterocycles. The minimum Gasteiger partial charge on any atom is -0.389 e. The van der Waals surface area contributed by atoms with E-state index in [1.165, 1.54) is 89.9 Å². The highest BCUT2D eigenvalue weighted by atomic mass is 16.3. The van der Waals surface area contributed by atoms with Gasteiger partial charge in [0.15, 0.2) is 0 Å². The van der Waals surface area contributed by atoms with E-state index in [0.717, 1.165) is 6.42 Å². The molecule has 0 unspecified atom stereocenters. The number of unbranched alkanes of at least 4 members (excludes halogenated alkanes) is 10. The highest BCUT2D eigenvalue weighted by Gasteiger charge is 2.12. The first-order valence-electron chi connectivity index (χ1n) is 10.0. The van der Waals surface area contributed by atoms with Crippen molar-refractivity contribution in [3.8, 4) is 0 Å². The molecule has 0 aliphatic heterocycles. The second-order valence-corrected chi connectivity index (χ2v) is 7.02. The van der Waals surface area contributed by atoms with Gasteiger partial charge >= 0.3 is 0 Å². The van der Waals surface area contributed by atoms with Gasteiger partial charge in [-0.3, -0.25) is 0 Å². The molecule has 0 bridgehead atoms. The van der Waals surface area contributed by atoms with Crippen molar-refractivity contribution in [2.75, 3.05) is 0 Å². The van der Waals surface area contributed by atoms with Crippen molar-refractivity contribution in [2.45, 2.75) is 116 Å². The second kappa shape index (κ2) is 17.1. The van der Waals surface area contributed by atoms with Crippen LogP contribution in [-0.2, 0) is 0 Å². The lowest BCUT2D eigenvalue weighted by Crippen LogP contribution is -2.11. The molecule has 0 radical (unpaired) electrons. The van der Waals surface area contributed by atoms with Crippen LogP contribution in [-0.4, -0.2) is 11.2 Å². The van der Waals surface area contributed by atoms with Gasteiger partial charge in [-0.1, -0.05) is 110 Å². The number of aliphatic hydroxyl groups excluding tert-OH is 1. The van der Waals surface area contributed by atoms with Crippen molar-refractivity contribution in [1.29, 1.82) is 0 Å². The van der Waals surface area contributed by atoms with Crippen LogP contribution in [0.2, 0.25) is 0 Å². The van der Waals surface area contributed by atoms with Crippen LogP contribution in [0.5, 0.6) is 0 Å². The minimum atomic E-state index is -0.301. The van der Waals surface area contributed by atoms with Crippen LogP contribution >= 0.6 is 0 Å². The fraction of sp³-hybridized carbons (Fsp3) is 0.905. The standard InChI is InChI=1S/C21H42O/c1-4-7-9-11-13-15-17-20(19-21(22)6-3)18-16-14-12-10-8-5-2/h6,20-22H,3-5,7-19H2,1-2H3/t21-/m1/s1. The van der Waals surface area contributed by atoms with E-state index in [4.69, 9.17) is 0 Å². The summed E-state index contributed by atoms with van der Waals surface area (Å²) in [6.07, 6.45) is 21.3. The Hall–Kier alpha value is -0.300.